The number of rotatable bonds is 5. The van der Waals surface area contributed by atoms with Gasteiger partial charge in [-0.05, 0) is 29.7 Å². The van der Waals surface area contributed by atoms with Crippen molar-refractivity contribution in [3.05, 3.63) is 64.3 Å². The molecule has 0 saturated carbocycles. The molecule has 0 radical (unpaired) electrons. The minimum atomic E-state index is -0.465. The second kappa shape index (κ2) is 6.72. The summed E-state index contributed by atoms with van der Waals surface area (Å²) in [6, 6.07) is 12.1. The number of nitro groups is 1. The highest BCUT2D eigenvalue weighted by Gasteiger charge is 2.12. The van der Waals surface area contributed by atoms with Gasteiger partial charge in [-0.15, -0.1) is 0 Å². The number of benzene rings is 2. The number of nitrogens with zero attached hydrogens (tertiary/aromatic N) is 3. The third kappa shape index (κ3) is 3.65. The summed E-state index contributed by atoms with van der Waals surface area (Å²) in [6.07, 6.45) is 1.59. The molecule has 1 amide bonds. The topological polar surface area (TPSA) is 90.1 Å². The molecule has 7 nitrogen and oxygen atoms in total. The molecule has 1 aromatic heterocycles. The second-order valence-corrected chi connectivity index (χ2v) is 6.13. The molecule has 0 bridgehead atoms. The van der Waals surface area contributed by atoms with Gasteiger partial charge in [-0.25, -0.2) is 0 Å². The van der Waals surface area contributed by atoms with E-state index in [1.165, 1.54) is 22.4 Å². The highest BCUT2D eigenvalue weighted by molar-refractivity contribution is 5.91. The van der Waals surface area contributed by atoms with Crippen LogP contribution in [-0.2, 0) is 11.3 Å². The third-order valence-corrected chi connectivity index (χ3v) is 3.99. The number of fused-ring (bicyclic) bond motifs is 1. The van der Waals surface area contributed by atoms with Crippen molar-refractivity contribution in [2.24, 2.45) is 0 Å². The summed E-state index contributed by atoms with van der Waals surface area (Å²) in [5.41, 5.74) is 2.43. The lowest BCUT2D eigenvalue weighted by Gasteiger charge is -2.09. The van der Waals surface area contributed by atoms with E-state index in [1.54, 1.807) is 12.3 Å². The molecule has 7 heteroatoms. The maximum Gasteiger partial charge on any atom is 0.271 e. The van der Waals surface area contributed by atoms with Crippen LogP contribution in [0.1, 0.15) is 25.3 Å². The molecule has 0 aliphatic heterocycles. The fourth-order valence-electron chi connectivity index (χ4n) is 2.59. The second-order valence-electron chi connectivity index (χ2n) is 6.13. The number of aromatic nitrogens is 2. The molecular weight excluding hydrogens is 320 g/mol. The summed E-state index contributed by atoms with van der Waals surface area (Å²) in [4.78, 5) is 22.7. The number of hydrogen-bond donors (Lipinski definition) is 1. The molecule has 25 heavy (non-hydrogen) atoms. The highest BCUT2D eigenvalue weighted by Crippen LogP contribution is 2.21. The van der Waals surface area contributed by atoms with Crippen molar-refractivity contribution >= 4 is 28.2 Å². The number of nitro benzene ring substituents is 1. The lowest BCUT2D eigenvalue weighted by Crippen LogP contribution is -2.19. The molecule has 0 unspecified atom stereocenters. The summed E-state index contributed by atoms with van der Waals surface area (Å²) >= 11 is 0. The molecule has 0 aliphatic rings. The van der Waals surface area contributed by atoms with Crippen LogP contribution in [-0.4, -0.2) is 20.6 Å². The maximum absolute atomic E-state index is 12.3. The lowest BCUT2D eigenvalue weighted by molar-refractivity contribution is -0.384. The molecule has 0 spiro atoms. The van der Waals surface area contributed by atoms with Crippen LogP contribution in [0.3, 0.4) is 0 Å². The Hall–Kier alpha value is -3.22. The molecular formula is C18H18N4O3. The fraction of sp³-hybridized carbons (Fsp3) is 0.222. The first kappa shape index (κ1) is 16.6. The summed E-state index contributed by atoms with van der Waals surface area (Å²) < 4.78 is 1.46. The molecule has 3 rings (SSSR count). The van der Waals surface area contributed by atoms with Crippen LogP contribution in [0, 0.1) is 10.1 Å². The van der Waals surface area contributed by atoms with Crippen LogP contribution < -0.4 is 5.32 Å². The summed E-state index contributed by atoms with van der Waals surface area (Å²) in [5.74, 6) is 0.185. The summed E-state index contributed by atoms with van der Waals surface area (Å²) in [7, 11) is 0. The smallest absolute Gasteiger partial charge is 0.271 e. The van der Waals surface area contributed by atoms with E-state index in [0.717, 1.165) is 5.39 Å². The van der Waals surface area contributed by atoms with Crippen LogP contribution in [0.15, 0.2) is 48.7 Å². The van der Waals surface area contributed by atoms with Crippen molar-refractivity contribution in [3.8, 4) is 0 Å². The largest absolute Gasteiger partial charge is 0.324 e. The number of anilines is 1. The number of amides is 1. The van der Waals surface area contributed by atoms with Gasteiger partial charge in [0.15, 0.2) is 0 Å². The quantitative estimate of drug-likeness (QED) is 0.567. The van der Waals surface area contributed by atoms with Gasteiger partial charge in [-0.1, -0.05) is 26.0 Å². The first-order valence-corrected chi connectivity index (χ1v) is 7.94. The van der Waals surface area contributed by atoms with E-state index in [9.17, 15) is 14.9 Å². The fourth-order valence-corrected chi connectivity index (χ4v) is 2.59. The molecule has 0 atom stereocenters. The van der Waals surface area contributed by atoms with E-state index in [1.807, 2.05) is 24.3 Å². The maximum atomic E-state index is 12.3. The van der Waals surface area contributed by atoms with Crippen molar-refractivity contribution in [3.63, 3.8) is 0 Å². The summed E-state index contributed by atoms with van der Waals surface area (Å²) in [6.45, 7) is 4.20. The zero-order valence-electron chi connectivity index (χ0n) is 14.0. The number of hydrogen-bond acceptors (Lipinski definition) is 4. The van der Waals surface area contributed by atoms with Gasteiger partial charge in [0.2, 0.25) is 5.91 Å². The minimum Gasteiger partial charge on any atom is -0.324 e. The predicted molar refractivity (Wildman–Crippen MR) is 95.5 cm³/mol. The highest BCUT2D eigenvalue weighted by atomic mass is 16.6. The van der Waals surface area contributed by atoms with Gasteiger partial charge in [-0.3, -0.25) is 19.6 Å². The van der Waals surface area contributed by atoms with Crippen LogP contribution in [0.4, 0.5) is 11.4 Å². The van der Waals surface area contributed by atoms with Crippen molar-refractivity contribution in [1.29, 1.82) is 0 Å². The van der Waals surface area contributed by atoms with Crippen LogP contribution in [0.25, 0.3) is 10.9 Å². The number of non-ortho nitro benzene ring substituents is 1. The van der Waals surface area contributed by atoms with Crippen LogP contribution >= 0.6 is 0 Å². The van der Waals surface area contributed by atoms with Crippen LogP contribution in [0.5, 0.6) is 0 Å². The summed E-state index contributed by atoms with van der Waals surface area (Å²) in [5, 5.41) is 18.6. The molecule has 3 aromatic rings. The third-order valence-electron chi connectivity index (χ3n) is 3.99. The van der Waals surface area contributed by atoms with Gasteiger partial charge in [0, 0.05) is 23.2 Å². The zero-order valence-corrected chi connectivity index (χ0v) is 14.0. The Morgan fingerprint density at radius 3 is 2.60 bits per heavy atom. The van der Waals surface area contributed by atoms with Crippen molar-refractivity contribution in [1.82, 2.24) is 9.78 Å². The SMILES string of the molecule is CC(C)c1ccc(NC(=O)Cn2ncc3ccc([N+](=O)[O-])cc32)cc1. The lowest BCUT2D eigenvalue weighted by atomic mass is 10.0. The average Bonchev–Trinajstić information content (AvgIpc) is 2.97. The normalized spacial score (nSPS) is 11.0. The van der Waals surface area contributed by atoms with Crippen molar-refractivity contribution < 1.29 is 9.72 Å². The van der Waals surface area contributed by atoms with E-state index < -0.39 is 4.92 Å². The first-order chi connectivity index (χ1) is 11.9. The minimum absolute atomic E-state index is 0.0173. The zero-order chi connectivity index (χ0) is 18.0. The van der Waals surface area contributed by atoms with Gasteiger partial charge in [0.1, 0.15) is 6.54 Å². The standard InChI is InChI=1S/C18H18N4O3/c1-12(2)13-3-6-15(7-4-13)20-18(23)11-21-17-9-16(22(24)25)8-5-14(17)10-19-21/h3-10,12H,11H2,1-2H3,(H,20,23). The molecule has 128 valence electrons. The Balaban J connectivity index is 1.75. The van der Waals surface area contributed by atoms with Gasteiger partial charge < -0.3 is 5.32 Å². The monoisotopic (exact) mass is 338 g/mol. The first-order valence-electron chi connectivity index (χ1n) is 7.94. The van der Waals surface area contributed by atoms with Crippen molar-refractivity contribution in [2.75, 3.05) is 5.32 Å². The van der Waals surface area contributed by atoms with Gasteiger partial charge in [0.05, 0.1) is 16.6 Å². The average molecular weight is 338 g/mol. The molecule has 0 saturated heterocycles. The van der Waals surface area contributed by atoms with Crippen LogP contribution in [0.2, 0.25) is 0 Å². The molecule has 1 heterocycles. The molecule has 2 aromatic carbocycles. The van der Waals surface area contributed by atoms with Gasteiger partial charge in [0.25, 0.3) is 5.69 Å². The predicted octanol–water partition coefficient (Wildman–Crippen LogP) is 3.71. The molecule has 1 N–H and O–H groups in total. The number of carbonyl (C=O) groups is 1. The number of carbonyl (C=O) groups excluding carboxylic acids is 1. The Morgan fingerprint density at radius 2 is 1.96 bits per heavy atom. The van der Waals surface area contributed by atoms with E-state index >= 15 is 0 Å². The van der Waals surface area contributed by atoms with Gasteiger partial charge in [-0.2, -0.15) is 5.10 Å². The molecule has 0 aliphatic carbocycles. The Kier molecular flexibility index (Phi) is 4.47. The number of nitrogens with one attached hydrogen (secondary N) is 1. The van der Waals surface area contributed by atoms with Crippen molar-refractivity contribution in [2.45, 2.75) is 26.3 Å². The van der Waals surface area contributed by atoms with E-state index in [2.05, 4.69) is 24.3 Å². The van der Waals surface area contributed by atoms with Gasteiger partial charge >= 0.3 is 0 Å². The molecule has 0 fully saturated rings. The Morgan fingerprint density at radius 1 is 1.24 bits per heavy atom. The Bertz CT molecular complexity index is 929. The van der Waals surface area contributed by atoms with E-state index in [0.29, 0.717) is 17.1 Å². The van der Waals surface area contributed by atoms with E-state index in [4.69, 9.17) is 0 Å². The van der Waals surface area contributed by atoms with E-state index in [-0.39, 0.29) is 18.1 Å². The Labute approximate surface area is 144 Å².